The van der Waals surface area contributed by atoms with Crippen LogP contribution in [0.25, 0.3) is 10.9 Å². The van der Waals surface area contributed by atoms with Gasteiger partial charge in [-0.25, -0.2) is 14.8 Å². The van der Waals surface area contributed by atoms with Crippen LogP contribution in [0, 0.1) is 0 Å². The predicted molar refractivity (Wildman–Crippen MR) is 92.2 cm³/mol. The van der Waals surface area contributed by atoms with Gasteiger partial charge in [0.05, 0.1) is 10.5 Å². The van der Waals surface area contributed by atoms with Crippen LogP contribution in [0.4, 0.5) is 10.6 Å². The summed E-state index contributed by atoms with van der Waals surface area (Å²) in [6.07, 6.45) is 0.241. The molecule has 1 unspecified atom stereocenters. The Balaban J connectivity index is 2.01. The molecule has 1 aliphatic heterocycles. The van der Waals surface area contributed by atoms with Gasteiger partial charge in [0.1, 0.15) is 18.2 Å². The number of anilines is 1. The Hall–Kier alpha value is -2.13. The van der Waals surface area contributed by atoms with Crippen molar-refractivity contribution in [2.45, 2.75) is 6.04 Å². The summed E-state index contributed by atoms with van der Waals surface area (Å²) in [4.78, 5) is 34.3. The number of carboxylic acid groups (broad SMARTS) is 1. The molecule has 3 N–H and O–H groups in total. The molecular formula is C14H13BrClN5O3. The van der Waals surface area contributed by atoms with Crippen molar-refractivity contribution in [3.05, 3.63) is 28.0 Å². The second-order valence-electron chi connectivity index (χ2n) is 5.32. The number of piperazine rings is 1. The number of nitrogens with two attached hydrogens (primary N) is 1. The molecule has 3 rings (SSSR count). The number of rotatable bonds is 2. The summed E-state index contributed by atoms with van der Waals surface area (Å²) in [5.74, 6) is -0.0849. The van der Waals surface area contributed by atoms with Gasteiger partial charge in [0.25, 0.3) is 0 Å². The largest absolute Gasteiger partial charge is 0.465 e. The summed E-state index contributed by atoms with van der Waals surface area (Å²) in [7, 11) is 0. The molecule has 1 aromatic carbocycles. The van der Waals surface area contributed by atoms with Gasteiger partial charge in [-0.1, -0.05) is 11.6 Å². The smallest absolute Gasteiger partial charge is 0.408 e. The van der Waals surface area contributed by atoms with Crippen molar-refractivity contribution >= 4 is 56.3 Å². The highest BCUT2D eigenvalue weighted by Crippen LogP contribution is 2.32. The zero-order valence-corrected chi connectivity index (χ0v) is 14.7. The van der Waals surface area contributed by atoms with E-state index in [9.17, 15) is 14.7 Å². The average Bonchev–Trinajstić information content (AvgIpc) is 2.54. The summed E-state index contributed by atoms with van der Waals surface area (Å²) >= 11 is 9.46. The monoisotopic (exact) mass is 413 g/mol. The maximum atomic E-state index is 11.6. The summed E-state index contributed by atoms with van der Waals surface area (Å²) in [6, 6.07) is 2.58. The van der Waals surface area contributed by atoms with E-state index in [0.717, 1.165) is 10.3 Å². The molecule has 1 atom stereocenters. The van der Waals surface area contributed by atoms with E-state index in [4.69, 9.17) is 17.3 Å². The Labute approximate surface area is 150 Å². The van der Waals surface area contributed by atoms with Crippen molar-refractivity contribution in [3.63, 3.8) is 0 Å². The normalized spacial score (nSPS) is 18.0. The van der Waals surface area contributed by atoms with Gasteiger partial charge in [-0.05, 0) is 28.1 Å². The lowest BCUT2D eigenvalue weighted by atomic mass is 10.1. The Kier molecular flexibility index (Phi) is 4.46. The molecule has 2 amide bonds. The maximum Gasteiger partial charge on any atom is 0.408 e. The average molecular weight is 415 g/mol. The van der Waals surface area contributed by atoms with Crippen molar-refractivity contribution in [1.82, 2.24) is 14.9 Å². The molecule has 0 saturated carbocycles. The molecule has 0 radical (unpaired) electrons. The van der Waals surface area contributed by atoms with Gasteiger partial charge in [0.2, 0.25) is 5.91 Å². The number of benzene rings is 1. The maximum absolute atomic E-state index is 11.6. The van der Waals surface area contributed by atoms with Crippen LogP contribution in [0.2, 0.25) is 5.02 Å². The molecular weight excluding hydrogens is 402 g/mol. The van der Waals surface area contributed by atoms with Crippen molar-refractivity contribution in [1.29, 1.82) is 0 Å². The lowest BCUT2D eigenvalue weighted by Gasteiger charge is -2.39. The fourth-order valence-electron chi connectivity index (χ4n) is 2.74. The molecule has 2 heterocycles. The number of primary amides is 1. The molecule has 126 valence electrons. The van der Waals surface area contributed by atoms with E-state index in [1.54, 1.807) is 12.1 Å². The van der Waals surface area contributed by atoms with Gasteiger partial charge >= 0.3 is 6.09 Å². The number of aromatic nitrogens is 2. The quantitative estimate of drug-likeness (QED) is 0.773. The lowest BCUT2D eigenvalue weighted by molar-refractivity contribution is -0.122. The van der Waals surface area contributed by atoms with E-state index in [0.29, 0.717) is 27.4 Å². The van der Waals surface area contributed by atoms with Crippen LogP contribution in [0.3, 0.4) is 0 Å². The molecule has 10 heteroatoms. The van der Waals surface area contributed by atoms with Gasteiger partial charge in [-0.15, -0.1) is 0 Å². The number of hydrogen-bond donors (Lipinski definition) is 2. The molecule has 1 aliphatic rings. The van der Waals surface area contributed by atoms with Crippen LogP contribution in [-0.2, 0) is 4.79 Å². The number of hydrogen-bond acceptors (Lipinski definition) is 5. The first-order valence-electron chi connectivity index (χ1n) is 7.02. The molecule has 0 spiro atoms. The first kappa shape index (κ1) is 16.7. The third kappa shape index (κ3) is 2.96. The van der Waals surface area contributed by atoms with Gasteiger partial charge in [0.15, 0.2) is 0 Å². The van der Waals surface area contributed by atoms with Crippen molar-refractivity contribution in [3.8, 4) is 0 Å². The summed E-state index contributed by atoms with van der Waals surface area (Å²) in [5, 5.41) is 10.5. The van der Waals surface area contributed by atoms with Crippen molar-refractivity contribution < 1.29 is 14.7 Å². The fraction of sp³-hybridized carbons (Fsp3) is 0.286. The molecule has 24 heavy (non-hydrogen) atoms. The summed E-state index contributed by atoms with van der Waals surface area (Å²) in [5.41, 5.74) is 6.02. The van der Waals surface area contributed by atoms with Crippen LogP contribution >= 0.6 is 27.5 Å². The Morgan fingerprint density at radius 3 is 2.75 bits per heavy atom. The number of amides is 2. The zero-order valence-electron chi connectivity index (χ0n) is 12.3. The van der Waals surface area contributed by atoms with E-state index in [2.05, 4.69) is 25.9 Å². The Morgan fingerprint density at radius 2 is 2.08 bits per heavy atom. The van der Waals surface area contributed by atoms with Crippen LogP contribution in [-0.4, -0.2) is 57.7 Å². The number of carbonyl (C=O) groups excluding carboxylic acids is 1. The number of nitrogens with zero attached hydrogens (tertiary/aromatic N) is 4. The van der Waals surface area contributed by atoms with E-state index in [1.807, 2.05) is 4.90 Å². The highest BCUT2D eigenvalue weighted by Gasteiger charge is 2.35. The zero-order chi connectivity index (χ0) is 17.4. The van der Waals surface area contributed by atoms with Gasteiger partial charge in [-0.3, -0.25) is 9.69 Å². The highest BCUT2D eigenvalue weighted by molar-refractivity contribution is 9.10. The molecule has 1 fully saturated rings. The Bertz CT molecular complexity index is 833. The minimum Gasteiger partial charge on any atom is -0.465 e. The van der Waals surface area contributed by atoms with Gasteiger partial charge < -0.3 is 15.7 Å². The molecule has 8 nitrogen and oxygen atoms in total. The van der Waals surface area contributed by atoms with E-state index in [1.165, 1.54) is 6.33 Å². The van der Waals surface area contributed by atoms with E-state index < -0.39 is 18.0 Å². The van der Waals surface area contributed by atoms with Crippen molar-refractivity contribution in [2.24, 2.45) is 5.73 Å². The third-order valence-corrected chi connectivity index (χ3v) is 5.11. The van der Waals surface area contributed by atoms with Crippen LogP contribution < -0.4 is 10.6 Å². The number of fused-ring (bicyclic) bond motifs is 1. The molecule has 1 aromatic heterocycles. The van der Waals surface area contributed by atoms with Gasteiger partial charge in [0, 0.05) is 29.5 Å². The summed E-state index contributed by atoms with van der Waals surface area (Å²) in [6.45, 7) is 0.680. The number of halogens is 2. The number of carbonyl (C=O) groups is 2. The molecule has 0 bridgehead atoms. The minimum absolute atomic E-state index is 0.133. The fourth-order valence-corrected chi connectivity index (χ4v) is 3.24. The van der Waals surface area contributed by atoms with Crippen LogP contribution in [0.5, 0.6) is 0 Å². The Morgan fingerprint density at radius 1 is 1.33 bits per heavy atom. The second-order valence-corrected chi connectivity index (χ2v) is 6.58. The van der Waals surface area contributed by atoms with Crippen LogP contribution in [0.15, 0.2) is 22.9 Å². The lowest BCUT2D eigenvalue weighted by Crippen LogP contribution is -2.59. The summed E-state index contributed by atoms with van der Waals surface area (Å²) < 4.78 is 0.698. The highest BCUT2D eigenvalue weighted by atomic mass is 79.9. The third-order valence-electron chi connectivity index (χ3n) is 3.91. The second kappa shape index (κ2) is 6.40. The van der Waals surface area contributed by atoms with Crippen LogP contribution in [0.1, 0.15) is 0 Å². The molecule has 1 saturated heterocycles. The molecule has 0 aliphatic carbocycles. The first-order valence-corrected chi connectivity index (χ1v) is 8.19. The first-order chi connectivity index (χ1) is 11.4. The SMILES string of the molecule is NC(=O)C1CN(c2ncnc3cc(Cl)c(Br)cc23)CCN1C(=O)O. The van der Waals surface area contributed by atoms with Crippen molar-refractivity contribution in [2.75, 3.05) is 24.5 Å². The topological polar surface area (TPSA) is 113 Å². The predicted octanol–water partition coefficient (Wildman–Crippen LogP) is 1.70. The standard InChI is InChI=1S/C14H13BrClN5O3/c15-8-3-7-10(4-9(8)16)18-6-19-13(7)20-1-2-21(14(23)24)11(5-20)12(17)22/h3-4,6,11H,1-2,5H2,(H2,17,22)(H,23,24). The van der Waals surface area contributed by atoms with Gasteiger partial charge in [-0.2, -0.15) is 0 Å². The molecule has 2 aromatic rings. The van der Waals surface area contributed by atoms with E-state index >= 15 is 0 Å². The van der Waals surface area contributed by atoms with E-state index in [-0.39, 0.29) is 13.1 Å². The minimum atomic E-state index is -1.17.